The van der Waals surface area contributed by atoms with E-state index in [1.54, 1.807) is 24.4 Å². The Morgan fingerprint density at radius 3 is 2.53 bits per heavy atom. The molecule has 38 heavy (non-hydrogen) atoms. The van der Waals surface area contributed by atoms with E-state index in [0.717, 1.165) is 37.8 Å². The summed E-state index contributed by atoms with van der Waals surface area (Å²) >= 11 is 0. The summed E-state index contributed by atoms with van der Waals surface area (Å²) in [5, 5.41) is 3.32. The van der Waals surface area contributed by atoms with E-state index in [4.69, 9.17) is 10.5 Å². The van der Waals surface area contributed by atoms with E-state index in [0.29, 0.717) is 17.2 Å². The highest BCUT2D eigenvalue weighted by atomic mass is 32.2. The predicted molar refractivity (Wildman–Crippen MR) is 134 cm³/mol. The molecule has 0 aliphatic heterocycles. The summed E-state index contributed by atoms with van der Waals surface area (Å²) in [5.41, 5.74) is 6.47. The standard InChI is InChI=1S/C24H26F4N6O3S/c25-19-14-17(7-8-21(19)34-38(35,36)13-10-24(26,27)28)37-22-18(2-1-11-30-22)20-9-12-31-23(33-20)32-16-5-3-15(29)4-6-16/h1-2,7-9,11-12,14-16,34H,3-6,10,13,29H2,(H,31,32,33)/t15-,16-. The second-order valence-electron chi connectivity index (χ2n) is 8.91. The molecule has 14 heteroatoms. The quantitative estimate of drug-likeness (QED) is 0.320. The number of alkyl halides is 3. The van der Waals surface area contributed by atoms with Gasteiger partial charge < -0.3 is 15.8 Å². The van der Waals surface area contributed by atoms with Crippen LogP contribution < -0.4 is 20.5 Å². The van der Waals surface area contributed by atoms with E-state index >= 15 is 0 Å². The number of halogens is 4. The van der Waals surface area contributed by atoms with Gasteiger partial charge >= 0.3 is 6.18 Å². The molecule has 1 aliphatic rings. The van der Waals surface area contributed by atoms with Crippen molar-refractivity contribution < 1.29 is 30.7 Å². The average Bonchev–Trinajstić information content (AvgIpc) is 2.86. The van der Waals surface area contributed by atoms with Gasteiger partial charge in [0.2, 0.25) is 21.9 Å². The maximum absolute atomic E-state index is 14.6. The molecule has 0 spiro atoms. The van der Waals surface area contributed by atoms with Gasteiger partial charge in [-0.1, -0.05) is 0 Å². The molecule has 2 heterocycles. The van der Waals surface area contributed by atoms with Gasteiger partial charge in [-0.05, 0) is 56.0 Å². The van der Waals surface area contributed by atoms with Crippen LogP contribution in [0.1, 0.15) is 32.1 Å². The van der Waals surface area contributed by atoms with Crippen molar-refractivity contribution in [3.63, 3.8) is 0 Å². The molecule has 0 unspecified atom stereocenters. The summed E-state index contributed by atoms with van der Waals surface area (Å²) in [6.45, 7) is 0. The molecule has 1 fully saturated rings. The van der Waals surface area contributed by atoms with Crippen LogP contribution in [0.15, 0.2) is 48.8 Å². The highest BCUT2D eigenvalue weighted by Crippen LogP contribution is 2.32. The normalized spacial score (nSPS) is 18.1. The molecule has 4 rings (SSSR count). The van der Waals surface area contributed by atoms with Gasteiger partial charge in [0, 0.05) is 30.5 Å². The summed E-state index contributed by atoms with van der Waals surface area (Å²) in [5.74, 6) is -1.72. The third-order valence-electron chi connectivity index (χ3n) is 5.88. The van der Waals surface area contributed by atoms with Crippen molar-refractivity contribution in [3.8, 4) is 22.9 Å². The summed E-state index contributed by atoms with van der Waals surface area (Å²) < 4.78 is 83.0. The molecule has 0 radical (unpaired) electrons. The monoisotopic (exact) mass is 554 g/mol. The second-order valence-corrected chi connectivity index (χ2v) is 10.7. The minimum absolute atomic E-state index is 0.00774. The smallest absolute Gasteiger partial charge is 0.390 e. The number of hydrogen-bond donors (Lipinski definition) is 3. The lowest BCUT2D eigenvalue weighted by Crippen LogP contribution is -2.33. The van der Waals surface area contributed by atoms with Crippen LogP contribution in [0.3, 0.4) is 0 Å². The molecule has 0 saturated heterocycles. The van der Waals surface area contributed by atoms with Gasteiger partial charge in [0.25, 0.3) is 0 Å². The molecule has 1 aromatic carbocycles. The lowest BCUT2D eigenvalue weighted by atomic mass is 9.92. The number of nitrogens with zero attached hydrogens (tertiary/aromatic N) is 3. The largest absolute Gasteiger partial charge is 0.438 e. The summed E-state index contributed by atoms with van der Waals surface area (Å²) in [6.07, 6.45) is 0.522. The van der Waals surface area contributed by atoms with Crippen LogP contribution in [0.5, 0.6) is 11.6 Å². The number of ether oxygens (including phenoxy) is 1. The first kappa shape index (κ1) is 27.5. The zero-order chi connectivity index (χ0) is 27.3. The fraction of sp³-hybridized carbons (Fsp3) is 0.375. The van der Waals surface area contributed by atoms with Gasteiger partial charge in [-0.15, -0.1) is 0 Å². The zero-order valence-electron chi connectivity index (χ0n) is 20.1. The summed E-state index contributed by atoms with van der Waals surface area (Å²) in [4.78, 5) is 13.1. The minimum atomic E-state index is -4.66. The van der Waals surface area contributed by atoms with E-state index in [2.05, 4.69) is 20.3 Å². The number of hydrogen-bond acceptors (Lipinski definition) is 8. The molecular formula is C24H26F4N6O3S. The minimum Gasteiger partial charge on any atom is -0.438 e. The first-order chi connectivity index (χ1) is 18.0. The second kappa shape index (κ2) is 11.5. The molecule has 1 saturated carbocycles. The van der Waals surface area contributed by atoms with E-state index in [9.17, 15) is 26.0 Å². The Balaban J connectivity index is 1.48. The molecule has 2 aromatic heterocycles. The number of benzene rings is 1. The van der Waals surface area contributed by atoms with Crippen molar-refractivity contribution in [1.29, 1.82) is 0 Å². The third kappa shape index (κ3) is 7.74. The highest BCUT2D eigenvalue weighted by molar-refractivity contribution is 7.92. The molecule has 0 atom stereocenters. The van der Waals surface area contributed by atoms with Gasteiger partial charge in [-0.25, -0.2) is 27.8 Å². The predicted octanol–water partition coefficient (Wildman–Crippen LogP) is 4.85. The van der Waals surface area contributed by atoms with Crippen molar-refractivity contribution in [2.75, 3.05) is 15.8 Å². The van der Waals surface area contributed by atoms with Gasteiger partial charge in [0.15, 0.2) is 5.82 Å². The molecule has 0 bridgehead atoms. The number of nitrogens with one attached hydrogen (secondary N) is 2. The Bertz CT molecular complexity index is 1370. The third-order valence-corrected chi connectivity index (χ3v) is 7.16. The van der Waals surface area contributed by atoms with Crippen LogP contribution in [0.2, 0.25) is 0 Å². The van der Waals surface area contributed by atoms with Gasteiger partial charge in [-0.2, -0.15) is 13.2 Å². The van der Waals surface area contributed by atoms with Crippen molar-refractivity contribution in [3.05, 3.63) is 54.6 Å². The molecule has 4 N–H and O–H groups in total. The number of rotatable bonds is 9. The zero-order valence-corrected chi connectivity index (χ0v) is 20.9. The van der Waals surface area contributed by atoms with Crippen molar-refractivity contribution in [1.82, 2.24) is 15.0 Å². The summed E-state index contributed by atoms with van der Waals surface area (Å²) in [6, 6.07) is 8.72. The Morgan fingerprint density at radius 1 is 1.05 bits per heavy atom. The van der Waals surface area contributed by atoms with E-state index in [1.165, 1.54) is 12.3 Å². The Labute approximate surface area is 216 Å². The van der Waals surface area contributed by atoms with Crippen LogP contribution >= 0.6 is 0 Å². The number of pyridine rings is 1. The average molecular weight is 555 g/mol. The molecule has 204 valence electrons. The lowest BCUT2D eigenvalue weighted by molar-refractivity contribution is -0.129. The molecular weight excluding hydrogens is 528 g/mol. The molecule has 0 amide bonds. The van der Waals surface area contributed by atoms with Crippen molar-refractivity contribution in [2.24, 2.45) is 5.73 Å². The number of nitrogens with two attached hydrogens (primary N) is 1. The maximum atomic E-state index is 14.6. The van der Waals surface area contributed by atoms with E-state index in [-0.39, 0.29) is 23.7 Å². The van der Waals surface area contributed by atoms with Crippen LogP contribution in [0.25, 0.3) is 11.3 Å². The Kier molecular flexibility index (Phi) is 8.31. The van der Waals surface area contributed by atoms with Crippen LogP contribution in [-0.2, 0) is 10.0 Å². The van der Waals surface area contributed by atoms with Crippen LogP contribution in [0.4, 0.5) is 29.2 Å². The molecule has 9 nitrogen and oxygen atoms in total. The number of anilines is 2. The molecule has 3 aromatic rings. The topological polar surface area (TPSA) is 132 Å². The molecule has 1 aliphatic carbocycles. The van der Waals surface area contributed by atoms with Crippen molar-refractivity contribution in [2.45, 2.75) is 50.4 Å². The fourth-order valence-electron chi connectivity index (χ4n) is 3.91. The lowest BCUT2D eigenvalue weighted by Gasteiger charge is -2.26. The Hall–Kier alpha value is -3.52. The van der Waals surface area contributed by atoms with Gasteiger partial charge in [0.1, 0.15) is 5.75 Å². The first-order valence-electron chi connectivity index (χ1n) is 11.8. The van der Waals surface area contributed by atoms with E-state index in [1.807, 2.05) is 4.72 Å². The first-order valence-corrected chi connectivity index (χ1v) is 13.5. The maximum Gasteiger partial charge on any atom is 0.390 e. The van der Waals surface area contributed by atoms with Gasteiger partial charge in [0.05, 0.1) is 29.1 Å². The highest BCUT2D eigenvalue weighted by Gasteiger charge is 2.30. The SMILES string of the molecule is N[C@H]1CC[C@H](Nc2nccc(-c3cccnc3Oc3ccc(NS(=O)(=O)CCC(F)(F)F)c(F)c3)n2)CC1. The fourth-order valence-corrected chi connectivity index (χ4v) is 5.02. The Morgan fingerprint density at radius 2 is 1.82 bits per heavy atom. The van der Waals surface area contributed by atoms with Crippen LogP contribution in [0, 0.1) is 5.82 Å². The number of aromatic nitrogens is 3. The van der Waals surface area contributed by atoms with Crippen LogP contribution in [-0.4, -0.2) is 47.4 Å². The van der Waals surface area contributed by atoms with E-state index < -0.39 is 39.9 Å². The van der Waals surface area contributed by atoms with Gasteiger partial charge in [-0.3, -0.25) is 4.72 Å². The number of sulfonamides is 1. The summed E-state index contributed by atoms with van der Waals surface area (Å²) in [7, 11) is -4.41. The van der Waals surface area contributed by atoms with Crippen molar-refractivity contribution >= 4 is 21.7 Å².